The Morgan fingerprint density at radius 3 is 2.59 bits per heavy atom. The van der Waals surface area contributed by atoms with Crippen LogP contribution in [0.5, 0.6) is 0 Å². The molecule has 0 fully saturated rings. The average molecular weight is 244 g/mol. The zero-order valence-corrected chi connectivity index (χ0v) is 9.49. The van der Waals surface area contributed by atoms with Gasteiger partial charge in [-0.25, -0.2) is 9.97 Å². The van der Waals surface area contributed by atoms with Crippen LogP contribution in [0.3, 0.4) is 0 Å². The van der Waals surface area contributed by atoms with Gasteiger partial charge >= 0.3 is 0 Å². The fourth-order valence-electron chi connectivity index (χ4n) is 1.69. The van der Waals surface area contributed by atoms with E-state index in [0.717, 1.165) is 5.39 Å². The molecule has 3 heteroatoms. The monoisotopic (exact) mass is 243 g/mol. The molecule has 0 radical (unpaired) electrons. The standard InChI is InChI=1S/C14H9ClN2/c15-14-16-12-9-5-4-8-11(12)13(17-14)10-6-2-1-3-7-10/h1-9H/i1D,6D,7D. The van der Waals surface area contributed by atoms with Gasteiger partial charge in [-0.15, -0.1) is 0 Å². The molecule has 0 amide bonds. The number of hydrogen-bond acceptors (Lipinski definition) is 2. The highest BCUT2D eigenvalue weighted by Gasteiger charge is 2.07. The van der Waals surface area contributed by atoms with Crippen LogP contribution in [0.2, 0.25) is 5.28 Å². The molecule has 3 rings (SSSR count). The summed E-state index contributed by atoms with van der Waals surface area (Å²) in [6.45, 7) is 0. The van der Waals surface area contributed by atoms with E-state index in [2.05, 4.69) is 9.97 Å². The van der Waals surface area contributed by atoms with E-state index in [0.29, 0.717) is 16.8 Å². The second-order valence-corrected chi connectivity index (χ2v) is 3.82. The SMILES string of the molecule is [2H]c1cc([2H])c(-c2nc(Cl)nc3ccccc23)c([2H])c1. The largest absolute Gasteiger partial charge is 0.223 e. The summed E-state index contributed by atoms with van der Waals surface area (Å²) < 4.78 is 23.5. The van der Waals surface area contributed by atoms with Gasteiger partial charge in [-0.1, -0.05) is 48.5 Å². The predicted octanol–water partition coefficient (Wildman–Crippen LogP) is 3.95. The van der Waals surface area contributed by atoms with Crippen molar-refractivity contribution in [3.63, 3.8) is 0 Å². The van der Waals surface area contributed by atoms with Crippen molar-refractivity contribution < 1.29 is 4.11 Å². The molecule has 0 saturated heterocycles. The Kier molecular flexibility index (Phi) is 1.81. The van der Waals surface area contributed by atoms with Crippen molar-refractivity contribution in [1.29, 1.82) is 0 Å². The second kappa shape index (κ2) is 4.15. The number of aromatic nitrogens is 2. The molecule has 2 aromatic carbocycles. The maximum atomic E-state index is 7.99. The number of benzene rings is 2. The highest BCUT2D eigenvalue weighted by Crippen LogP contribution is 2.26. The van der Waals surface area contributed by atoms with Gasteiger partial charge in [0, 0.05) is 10.9 Å². The Bertz CT molecular complexity index is 798. The molecule has 0 spiro atoms. The normalized spacial score (nSPS) is 13.1. The quantitative estimate of drug-likeness (QED) is 0.605. The van der Waals surface area contributed by atoms with Crippen molar-refractivity contribution in [3.05, 3.63) is 59.8 Å². The lowest BCUT2D eigenvalue weighted by molar-refractivity contribution is 1.22. The third-order valence-electron chi connectivity index (χ3n) is 2.41. The summed E-state index contributed by atoms with van der Waals surface area (Å²) in [6, 6.07) is 10.4. The molecular formula is C14H9ClN2. The summed E-state index contributed by atoms with van der Waals surface area (Å²) in [4.78, 5) is 8.31. The Morgan fingerprint density at radius 1 is 1.00 bits per heavy atom. The van der Waals surface area contributed by atoms with E-state index >= 15 is 0 Å². The molecule has 0 aliphatic carbocycles. The molecule has 2 nitrogen and oxygen atoms in total. The van der Waals surface area contributed by atoms with Crippen molar-refractivity contribution in [3.8, 4) is 11.3 Å². The summed E-state index contributed by atoms with van der Waals surface area (Å²) in [5.74, 6) is 0. The van der Waals surface area contributed by atoms with E-state index < -0.39 is 0 Å². The fourth-order valence-corrected chi connectivity index (χ4v) is 1.86. The van der Waals surface area contributed by atoms with E-state index in [1.54, 1.807) is 6.07 Å². The maximum Gasteiger partial charge on any atom is 0.223 e. The van der Waals surface area contributed by atoms with Crippen LogP contribution in [0.25, 0.3) is 22.2 Å². The van der Waals surface area contributed by atoms with Gasteiger partial charge in [0.05, 0.1) is 15.3 Å². The van der Waals surface area contributed by atoms with Gasteiger partial charge < -0.3 is 0 Å². The first-order valence-electron chi connectivity index (χ1n) is 6.57. The number of rotatable bonds is 1. The predicted molar refractivity (Wildman–Crippen MR) is 70.0 cm³/mol. The number of para-hydroxylation sites is 1. The molecule has 0 atom stereocenters. The van der Waals surface area contributed by atoms with Crippen molar-refractivity contribution in [2.45, 2.75) is 0 Å². The first-order valence-corrected chi connectivity index (χ1v) is 5.44. The highest BCUT2D eigenvalue weighted by molar-refractivity contribution is 6.28. The lowest BCUT2D eigenvalue weighted by atomic mass is 10.1. The molecule has 3 aromatic rings. The second-order valence-electron chi connectivity index (χ2n) is 3.48. The minimum absolute atomic E-state index is 0.0763. The van der Waals surface area contributed by atoms with Crippen LogP contribution in [-0.2, 0) is 0 Å². The van der Waals surface area contributed by atoms with Gasteiger partial charge in [0.2, 0.25) is 5.28 Å². The van der Waals surface area contributed by atoms with Crippen LogP contribution in [0, 0.1) is 0 Å². The van der Waals surface area contributed by atoms with E-state index in [9.17, 15) is 0 Å². The molecule has 0 aliphatic heterocycles. The Hall–Kier alpha value is -1.93. The maximum absolute atomic E-state index is 7.99. The highest BCUT2D eigenvalue weighted by atomic mass is 35.5. The zero-order chi connectivity index (χ0) is 14.3. The van der Waals surface area contributed by atoms with Crippen LogP contribution >= 0.6 is 11.6 Å². The van der Waals surface area contributed by atoms with Crippen LogP contribution < -0.4 is 0 Å². The first kappa shape index (κ1) is 7.41. The van der Waals surface area contributed by atoms with E-state index in [1.165, 1.54) is 12.1 Å². The minimum Gasteiger partial charge on any atom is -0.218 e. The molecule has 0 aliphatic rings. The average Bonchev–Trinajstić information content (AvgIpc) is 2.37. The first-order chi connectivity index (χ1) is 9.56. The Morgan fingerprint density at radius 2 is 1.76 bits per heavy atom. The van der Waals surface area contributed by atoms with E-state index in [1.807, 2.05) is 18.2 Å². The van der Waals surface area contributed by atoms with Crippen LogP contribution in [-0.4, -0.2) is 9.97 Å². The molecule has 1 heterocycles. The summed E-state index contributed by atoms with van der Waals surface area (Å²) in [6.07, 6.45) is 0. The molecule has 0 unspecified atom stereocenters. The third kappa shape index (κ3) is 1.87. The van der Waals surface area contributed by atoms with Crippen molar-refractivity contribution in [2.75, 3.05) is 0 Å². The van der Waals surface area contributed by atoms with Gasteiger partial charge in [0.1, 0.15) is 0 Å². The number of fused-ring (bicyclic) bond motifs is 1. The number of halogens is 1. The molecular weight excluding hydrogens is 232 g/mol. The topological polar surface area (TPSA) is 25.8 Å². The molecule has 0 N–H and O–H groups in total. The minimum atomic E-state index is 0.0763. The summed E-state index contributed by atoms with van der Waals surface area (Å²) in [7, 11) is 0. The van der Waals surface area contributed by atoms with E-state index in [-0.39, 0.29) is 23.4 Å². The van der Waals surface area contributed by atoms with Crippen LogP contribution in [0.4, 0.5) is 0 Å². The van der Waals surface area contributed by atoms with Crippen molar-refractivity contribution >= 4 is 22.5 Å². The third-order valence-corrected chi connectivity index (χ3v) is 2.58. The van der Waals surface area contributed by atoms with Gasteiger partial charge in [-0.3, -0.25) is 0 Å². The lowest BCUT2D eigenvalue weighted by Gasteiger charge is -2.05. The van der Waals surface area contributed by atoms with Gasteiger partial charge in [0.25, 0.3) is 0 Å². The molecule has 17 heavy (non-hydrogen) atoms. The zero-order valence-electron chi connectivity index (χ0n) is 11.7. The number of nitrogens with zero attached hydrogens (tertiary/aromatic N) is 2. The lowest BCUT2D eigenvalue weighted by Crippen LogP contribution is -1.90. The summed E-state index contributed by atoms with van der Waals surface area (Å²) in [5, 5.41) is 0.809. The molecule has 1 aromatic heterocycles. The Labute approximate surface area is 108 Å². The molecule has 82 valence electrons. The summed E-state index contributed by atoms with van der Waals surface area (Å²) >= 11 is 5.93. The van der Waals surface area contributed by atoms with Gasteiger partial charge in [-0.2, -0.15) is 0 Å². The Balaban J connectivity index is 2.41. The van der Waals surface area contributed by atoms with E-state index in [4.69, 9.17) is 15.7 Å². The summed E-state index contributed by atoms with van der Waals surface area (Å²) in [5.41, 5.74) is 1.48. The van der Waals surface area contributed by atoms with Crippen molar-refractivity contribution in [1.82, 2.24) is 9.97 Å². The molecule has 0 saturated carbocycles. The van der Waals surface area contributed by atoms with Gasteiger partial charge in [0.15, 0.2) is 0 Å². The van der Waals surface area contributed by atoms with Crippen LogP contribution in [0.1, 0.15) is 4.11 Å². The van der Waals surface area contributed by atoms with Crippen LogP contribution in [0.15, 0.2) is 54.5 Å². The number of hydrogen-bond donors (Lipinski definition) is 0. The van der Waals surface area contributed by atoms with Crippen molar-refractivity contribution in [2.24, 2.45) is 0 Å². The van der Waals surface area contributed by atoms with Gasteiger partial charge in [-0.05, 0) is 17.7 Å². The fraction of sp³-hybridized carbons (Fsp3) is 0. The molecule has 0 bridgehead atoms. The smallest absolute Gasteiger partial charge is 0.218 e.